The van der Waals surface area contributed by atoms with E-state index in [-0.39, 0.29) is 5.69 Å². The Morgan fingerprint density at radius 3 is 2.56 bits per heavy atom. The summed E-state index contributed by atoms with van der Waals surface area (Å²) in [5.41, 5.74) is 1.90. The molecule has 2 rings (SSSR count). The van der Waals surface area contributed by atoms with Gasteiger partial charge in [0.05, 0.1) is 0 Å². The molecule has 2 aromatic rings. The second kappa shape index (κ2) is 4.29. The average Bonchev–Trinajstić information content (AvgIpc) is 2.79. The topological polar surface area (TPSA) is 95.2 Å². The molecule has 0 aromatic carbocycles. The van der Waals surface area contributed by atoms with Crippen LogP contribution in [0.1, 0.15) is 34.8 Å². The van der Waals surface area contributed by atoms with E-state index in [0.717, 1.165) is 5.69 Å². The fourth-order valence-corrected chi connectivity index (χ4v) is 2.00. The predicted octanol–water partition coefficient (Wildman–Crippen LogP) is 1.25. The molecule has 0 aliphatic carbocycles. The average molecular weight is 247 g/mol. The van der Waals surface area contributed by atoms with Crippen LogP contribution in [0.25, 0.3) is 5.88 Å². The van der Waals surface area contributed by atoms with E-state index in [0.29, 0.717) is 23.0 Å². The molecule has 6 nitrogen and oxygen atoms in total. The van der Waals surface area contributed by atoms with Crippen molar-refractivity contribution in [2.24, 2.45) is 0 Å². The third kappa shape index (κ3) is 1.79. The second-order valence-corrected chi connectivity index (χ2v) is 4.03. The third-order valence-corrected chi connectivity index (χ3v) is 2.77. The van der Waals surface area contributed by atoms with Crippen LogP contribution in [0.5, 0.6) is 0 Å². The molecule has 0 saturated carbocycles. The molecule has 94 valence electrons. The van der Waals surface area contributed by atoms with E-state index in [1.165, 1.54) is 0 Å². The Morgan fingerprint density at radius 2 is 2.06 bits per heavy atom. The lowest BCUT2D eigenvalue weighted by Crippen LogP contribution is -2.02. The van der Waals surface area contributed by atoms with E-state index in [1.807, 2.05) is 6.07 Å². The largest absolute Gasteiger partial charge is 0.423 e. The van der Waals surface area contributed by atoms with E-state index in [1.54, 1.807) is 31.4 Å². The molecule has 0 saturated heterocycles. The number of aromatic nitrogens is 2. The number of aryl methyl sites for hydroxylation is 2. The fraction of sp³-hybridized carbons (Fsp3) is 0.333. The van der Waals surface area contributed by atoms with Gasteiger partial charge in [-0.2, -0.15) is 5.26 Å². The van der Waals surface area contributed by atoms with E-state index in [4.69, 9.17) is 9.68 Å². The summed E-state index contributed by atoms with van der Waals surface area (Å²) >= 11 is 0. The zero-order valence-corrected chi connectivity index (χ0v) is 10.3. The van der Waals surface area contributed by atoms with Gasteiger partial charge in [0.1, 0.15) is 6.07 Å². The van der Waals surface area contributed by atoms with Crippen LogP contribution in [-0.2, 0) is 0 Å². The van der Waals surface area contributed by atoms with Crippen LogP contribution in [-0.4, -0.2) is 19.8 Å². The zero-order valence-electron chi connectivity index (χ0n) is 10.3. The molecule has 6 heteroatoms. The van der Waals surface area contributed by atoms with E-state index >= 15 is 0 Å². The first kappa shape index (κ1) is 12.4. The molecule has 2 aromatic heterocycles. The normalized spacial score (nSPS) is 10.9. The number of aliphatic hydroxyl groups is 2. The monoisotopic (exact) mass is 247 g/mol. The Kier molecular flexibility index (Phi) is 2.95. The van der Waals surface area contributed by atoms with Crippen LogP contribution in [0.3, 0.4) is 0 Å². The molecule has 0 aliphatic heterocycles. The number of nitrogens with zero attached hydrogens (tertiary/aromatic N) is 3. The highest BCUT2D eigenvalue weighted by Crippen LogP contribution is 2.26. The summed E-state index contributed by atoms with van der Waals surface area (Å²) in [5.74, 6) is 0.692. The number of nitriles is 1. The number of hydrogen-bond acceptors (Lipinski definition) is 5. The van der Waals surface area contributed by atoms with Crippen molar-refractivity contribution >= 4 is 0 Å². The van der Waals surface area contributed by atoms with Crippen molar-refractivity contribution in [2.75, 3.05) is 0 Å². The summed E-state index contributed by atoms with van der Waals surface area (Å²) in [6, 6.07) is 3.60. The van der Waals surface area contributed by atoms with Crippen LogP contribution >= 0.6 is 0 Å². The molecule has 2 N–H and O–H groups in total. The second-order valence-electron chi connectivity index (χ2n) is 4.03. The molecule has 0 aliphatic rings. The van der Waals surface area contributed by atoms with Gasteiger partial charge < -0.3 is 14.6 Å². The number of hydrogen-bond donors (Lipinski definition) is 2. The molecule has 0 fully saturated rings. The van der Waals surface area contributed by atoms with Crippen LogP contribution < -0.4 is 0 Å². The summed E-state index contributed by atoms with van der Waals surface area (Å²) in [7, 11) is 0. The maximum Gasteiger partial charge on any atom is 0.243 e. The molecule has 0 radical (unpaired) electrons. The molecule has 0 amide bonds. The van der Waals surface area contributed by atoms with Crippen LogP contribution in [0, 0.1) is 32.1 Å². The quantitative estimate of drug-likeness (QED) is 0.778. The van der Waals surface area contributed by atoms with Gasteiger partial charge in [-0.3, -0.25) is 4.57 Å². The maximum atomic E-state index is 9.25. The van der Waals surface area contributed by atoms with Crippen molar-refractivity contribution in [2.45, 2.75) is 27.1 Å². The smallest absolute Gasteiger partial charge is 0.243 e. The van der Waals surface area contributed by atoms with Crippen molar-refractivity contribution in [3.8, 4) is 12.0 Å². The molecule has 18 heavy (non-hydrogen) atoms. The minimum Gasteiger partial charge on any atom is -0.423 e. The summed E-state index contributed by atoms with van der Waals surface area (Å²) < 4.78 is 7.06. The fourth-order valence-electron chi connectivity index (χ4n) is 2.00. The maximum absolute atomic E-state index is 9.25. The van der Waals surface area contributed by atoms with Crippen LogP contribution in [0.2, 0.25) is 0 Å². The van der Waals surface area contributed by atoms with Crippen LogP contribution in [0.15, 0.2) is 10.5 Å². The van der Waals surface area contributed by atoms with E-state index in [9.17, 15) is 10.2 Å². The zero-order chi connectivity index (χ0) is 13.4. The van der Waals surface area contributed by atoms with Gasteiger partial charge in [0.15, 0.2) is 12.2 Å². The SMILES string of the molecule is Cc1nc(C#N)c(-n2c(C)cc(C(O)O)c2C)o1. The molecule has 0 spiro atoms. The lowest BCUT2D eigenvalue weighted by molar-refractivity contribution is -0.0429. The first-order valence-electron chi connectivity index (χ1n) is 5.38. The Labute approximate surface area is 104 Å². The summed E-state index contributed by atoms with van der Waals surface area (Å²) in [4.78, 5) is 3.97. The van der Waals surface area contributed by atoms with Gasteiger partial charge in [0.25, 0.3) is 0 Å². The molecule has 0 atom stereocenters. The van der Waals surface area contributed by atoms with Gasteiger partial charge in [0.2, 0.25) is 11.6 Å². The van der Waals surface area contributed by atoms with Crippen LogP contribution in [0.4, 0.5) is 0 Å². The summed E-state index contributed by atoms with van der Waals surface area (Å²) in [5, 5.41) is 27.5. The Bertz CT molecular complexity index is 632. The Hall–Kier alpha value is -2.10. The van der Waals surface area contributed by atoms with Gasteiger partial charge in [-0.05, 0) is 19.9 Å². The number of aliphatic hydroxyl groups excluding tert-OH is 1. The lowest BCUT2D eigenvalue weighted by atomic mass is 10.2. The Balaban J connectivity index is 2.68. The van der Waals surface area contributed by atoms with Crippen molar-refractivity contribution in [3.05, 3.63) is 34.6 Å². The minimum atomic E-state index is -1.56. The van der Waals surface area contributed by atoms with Crippen molar-refractivity contribution in [1.82, 2.24) is 9.55 Å². The highest BCUT2D eigenvalue weighted by molar-refractivity contribution is 5.43. The van der Waals surface area contributed by atoms with Crippen molar-refractivity contribution in [1.29, 1.82) is 5.26 Å². The van der Waals surface area contributed by atoms with Gasteiger partial charge in [-0.25, -0.2) is 4.98 Å². The highest BCUT2D eigenvalue weighted by Gasteiger charge is 2.20. The van der Waals surface area contributed by atoms with Crippen molar-refractivity contribution in [3.63, 3.8) is 0 Å². The van der Waals surface area contributed by atoms with E-state index in [2.05, 4.69) is 4.98 Å². The van der Waals surface area contributed by atoms with Gasteiger partial charge >= 0.3 is 0 Å². The first-order chi connectivity index (χ1) is 8.45. The minimum absolute atomic E-state index is 0.174. The predicted molar refractivity (Wildman–Crippen MR) is 61.9 cm³/mol. The summed E-state index contributed by atoms with van der Waals surface area (Å²) in [6.07, 6.45) is -1.56. The summed E-state index contributed by atoms with van der Waals surface area (Å²) in [6.45, 7) is 5.17. The van der Waals surface area contributed by atoms with Gasteiger partial charge in [-0.15, -0.1) is 0 Å². The molecular formula is C12H13N3O3. The molecule has 0 bridgehead atoms. The van der Waals surface area contributed by atoms with Crippen molar-refractivity contribution < 1.29 is 14.6 Å². The third-order valence-electron chi connectivity index (χ3n) is 2.77. The molecule has 2 heterocycles. The molecule has 0 unspecified atom stereocenters. The number of oxazole rings is 1. The number of rotatable bonds is 2. The standard InChI is InChI=1S/C12H13N3O3/c1-6-4-9(12(16)17)7(2)15(6)11-10(5-13)14-8(3)18-11/h4,12,16-17H,1-3H3. The van der Waals surface area contributed by atoms with E-state index < -0.39 is 6.29 Å². The molecular weight excluding hydrogens is 234 g/mol. The van der Waals surface area contributed by atoms with Gasteiger partial charge in [-0.1, -0.05) is 0 Å². The lowest BCUT2D eigenvalue weighted by Gasteiger charge is -2.07. The Morgan fingerprint density at radius 1 is 1.39 bits per heavy atom. The highest BCUT2D eigenvalue weighted by atomic mass is 16.5. The van der Waals surface area contributed by atoms with Gasteiger partial charge in [0, 0.05) is 23.9 Å². The first-order valence-corrected chi connectivity index (χ1v) is 5.38.